The molecule has 0 amide bonds. The Bertz CT molecular complexity index is 840. The van der Waals surface area contributed by atoms with Gasteiger partial charge in [-0.1, -0.05) is 15.9 Å². The van der Waals surface area contributed by atoms with Crippen LogP contribution in [0.15, 0.2) is 28.7 Å². The maximum atomic E-state index is 11.8. The van der Waals surface area contributed by atoms with Crippen molar-refractivity contribution in [3.63, 3.8) is 0 Å². The quantitative estimate of drug-likeness (QED) is 0.633. The van der Waals surface area contributed by atoms with Crippen molar-refractivity contribution in [2.24, 2.45) is 0 Å². The minimum atomic E-state index is -0.722. The van der Waals surface area contributed by atoms with Crippen molar-refractivity contribution in [2.45, 2.75) is 13.0 Å². The van der Waals surface area contributed by atoms with Gasteiger partial charge in [-0.05, 0) is 24.3 Å². The molecule has 0 bridgehead atoms. The smallest absolute Gasteiger partial charge is 0.303 e. The summed E-state index contributed by atoms with van der Waals surface area (Å²) in [7, 11) is 4.58. The number of benzene rings is 2. The molecule has 0 spiro atoms. The number of fused-ring (bicyclic) bond motifs is 1. The monoisotopic (exact) mass is 438 g/mol. The predicted molar refractivity (Wildman–Crippen MR) is 100.0 cm³/mol. The number of methoxy groups -OCH3 is 3. The second kappa shape index (κ2) is 7.96. The number of esters is 1. The molecule has 0 aromatic heterocycles. The number of hydrogen-bond donors (Lipinski definition) is 0. The number of carbonyl (C=O) groups excluding carboxylic acids is 1. The molecule has 1 atom stereocenters. The van der Waals surface area contributed by atoms with Gasteiger partial charge in [0.05, 0.1) is 21.3 Å². The van der Waals surface area contributed by atoms with Crippen molar-refractivity contribution in [1.29, 1.82) is 0 Å². The second-order valence-electron chi connectivity index (χ2n) is 5.68. The Balaban J connectivity index is 2.15. The van der Waals surface area contributed by atoms with E-state index < -0.39 is 12.1 Å². The van der Waals surface area contributed by atoms with Gasteiger partial charge < -0.3 is 28.4 Å². The second-order valence-corrected chi connectivity index (χ2v) is 6.53. The van der Waals surface area contributed by atoms with E-state index in [2.05, 4.69) is 15.9 Å². The van der Waals surface area contributed by atoms with Crippen molar-refractivity contribution in [1.82, 2.24) is 0 Å². The van der Waals surface area contributed by atoms with Crippen molar-refractivity contribution in [3.8, 4) is 28.7 Å². The van der Waals surface area contributed by atoms with Gasteiger partial charge in [0.25, 0.3) is 0 Å². The summed E-state index contributed by atoms with van der Waals surface area (Å²) in [6, 6.07) is 7.05. The average molecular weight is 439 g/mol. The van der Waals surface area contributed by atoms with E-state index in [-0.39, 0.29) is 6.79 Å². The average Bonchev–Trinajstić information content (AvgIpc) is 3.11. The maximum Gasteiger partial charge on any atom is 0.303 e. The molecule has 1 aliphatic heterocycles. The fraction of sp³-hybridized carbons (Fsp3) is 0.316. The topological polar surface area (TPSA) is 72.5 Å². The van der Waals surface area contributed by atoms with Gasteiger partial charge in [-0.15, -0.1) is 0 Å². The molecule has 0 saturated heterocycles. The Labute approximate surface area is 165 Å². The molecule has 1 unspecified atom stereocenters. The number of ether oxygens (including phenoxy) is 6. The van der Waals surface area contributed by atoms with Crippen LogP contribution in [-0.2, 0) is 9.53 Å². The molecule has 7 nitrogen and oxygen atoms in total. The largest absolute Gasteiger partial charge is 0.493 e. The van der Waals surface area contributed by atoms with Crippen LogP contribution < -0.4 is 23.7 Å². The molecule has 8 heteroatoms. The molecular formula is C19H19BrO7. The van der Waals surface area contributed by atoms with Crippen LogP contribution in [0.3, 0.4) is 0 Å². The van der Waals surface area contributed by atoms with Gasteiger partial charge in [-0.3, -0.25) is 4.79 Å². The van der Waals surface area contributed by atoms with Gasteiger partial charge in [0.1, 0.15) is 0 Å². The lowest BCUT2D eigenvalue weighted by Gasteiger charge is -2.22. The lowest BCUT2D eigenvalue weighted by atomic mass is 9.99. The van der Waals surface area contributed by atoms with E-state index >= 15 is 0 Å². The zero-order valence-electron chi connectivity index (χ0n) is 15.3. The van der Waals surface area contributed by atoms with E-state index in [1.165, 1.54) is 28.3 Å². The highest BCUT2D eigenvalue weighted by Gasteiger charge is 2.27. The predicted octanol–water partition coefficient (Wildman–Crippen LogP) is 3.86. The summed E-state index contributed by atoms with van der Waals surface area (Å²) in [5, 5.41) is 0. The van der Waals surface area contributed by atoms with Crippen molar-refractivity contribution in [2.75, 3.05) is 28.1 Å². The zero-order valence-corrected chi connectivity index (χ0v) is 16.9. The first-order valence-electron chi connectivity index (χ1n) is 8.04. The first kappa shape index (κ1) is 19.2. The van der Waals surface area contributed by atoms with E-state index in [4.69, 9.17) is 28.4 Å². The summed E-state index contributed by atoms with van der Waals surface area (Å²) in [5.74, 6) is 2.14. The molecule has 2 aromatic carbocycles. The third-order valence-electron chi connectivity index (χ3n) is 4.05. The van der Waals surface area contributed by atoms with Crippen LogP contribution in [0.2, 0.25) is 0 Å². The lowest BCUT2D eigenvalue weighted by molar-refractivity contribution is -0.144. The van der Waals surface area contributed by atoms with Crippen LogP contribution in [-0.4, -0.2) is 34.1 Å². The lowest BCUT2D eigenvalue weighted by Crippen LogP contribution is -2.11. The molecule has 3 rings (SSSR count). The van der Waals surface area contributed by atoms with Gasteiger partial charge in [0, 0.05) is 22.5 Å². The highest BCUT2D eigenvalue weighted by Crippen LogP contribution is 2.45. The highest BCUT2D eigenvalue weighted by molar-refractivity contribution is 9.10. The highest BCUT2D eigenvalue weighted by atomic mass is 79.9. The summed E-state index contributed by atoms with van der Waals surface area (Å²) in [4.78, 5) is 11.8. The van der Waals surface area contributed by atoms with E-state index in [1.54, 1.807) is 24.3 Å². The summed E-state index contributed by atoms with van der Waals surface area (Å²) < 4.78 is 33.4. The molecule has 1 heterocycles. The Morgan fingerprint density at radius 1 is 1.00 bits per heavy atom. The molecule has 144 valence electrons. The fourth-order valence-corrected chi connectivity index (χ4v) is 3.39. The van der Waals surface area contributed by atoms with Gasteiger partial charge >= 0.3 is 5.97 Å². The number of hydrogen-bond acceptors (Lipinski definition) is 7. The molecule has 0 saturated carbocycles. The van der Waals surface area contributed by atoms with Crippen molar-refractivity contribution < 1.29 is 33.2 Å². The van der Waals surface area contributed by atoms with E-state index in [1.807, 2.05) is 0 Å². The first-order chi connectivity index (χ1) is 13.0. The summed E-state index contributed by atoms with van der Waals surface area (Å²) in [6.45, 7) is 1.50. The Morgan fingerprint density at radius 2 is 1.59 bits per heavy atom. The van der Waals surface area contributed by atoms with Gasteiger partial charge in [0.15, 0.2) is 29.1 Å². The first-order valence-corrected chi connectivity index (χ1v) is 8.84. The molecule has 0 N–H and O–H groups in total. The van der Waals surface area contributed by atoms with Crippen LogP contribution >= 0.6 is 15.9 Å². The molecule has 0 radical (unpaired) electrons. The van der Waals surface area contributed by atoms with Crippen LogP contribution in [0.25, 0.3) is 0 Å². The van der Waals surface area contributed by atoms with E-state index in [0.717, 1.165) is 0 Å². The standard InChI is InChI=1S/C19H19BrO7/c1-10(21)27-18(12-7-14-15(8-13(12)20)26-9-25-14)11-5-16(22-2)19(24-4)17(6-11)23-3/h5-8,18H,9H2,1-4H3. The molecule has 0 aliphatic carbocycles. The third kappa shape index (κ3) is 3.75. The summed E-state index contributed by atoms with van der Waals surface area (Å²) in [5.41, 5.74) is 1.35. The summed E-state index contributed by atoms with van der Waals surface area (Å²) in [6.07, 6.45) is -0.722. The molecule has 1 aliphatic rings. The SMILES string of the molecule is COc1cc(C(OC(C)=O)c2cc3c(cc2Br)OCO3)cc(OC)c1OC. The van der Waals surface area contributed by atoms with E-state index in [9.17, 15) is 4.79 Å². The maximum absolute atomic E-state index is 11.8. The van der Waals surface area contributed by atoms with Crippen molar-refractivity contribution in [3.05, 3.63) is 39.9 Å². The number of rotatable bonds is 6. The molecule has 2 aromatic rings. The van der Waals surface area contributed by atoms with Gasteiger partial charge in [-0.25, -0.2) is 0 Å². The van der Waals surface area contributed by atoms with Crippen LogP contribution in [0.4, 0.5) is 0 Å². The Morgan fingerprint density at radius 3 is 2.11 bits per heavy atom. The Hall–Kier alpha value is -2.61. The van der Waals surface area contributed by atoms with Gasteiger partial charge in [0.2, 0.25) is 12.5 Å². The van der Waals surface area contributed by atoms with Crippen LogP contribution in [0.1, 0.15) is 24.2 Å². The normalized spacial score (nSPS) is 13.1. The third-order valence-corrected chi connectivity index (χ3v) is 4.73. The minimum Gasteiger partial charge on any atom is -0.493 e. The van der Waals surface area contributed by atoms with Crippen molar-refractivity contribution >= 4 is 21.9 Å². The zero-order chi connectivity index (χ0) is 19.6. The van der Waals surface area contributed by atoms with Crippen LogP contribution in [0.5, 0.6) is 28.7 Å². The molecule has 0 fully saturated rings. The molecular weight excluding hydrogens is 420 g/mol. The number of carbonyl (C=O) groups is 1. The fourth-order valence-electron chi connectivity index (χ4n) is 2.86. The van der Waals surface area contributed by atoms with E-state index in [0.29, 0.717) is 44.3 Å². The minimum absolute atomic E-state index is 0.146. The summed E-state index contributed by atoms with van der Waals surface area (Å²) >= 11 is 3.52. The Kier molecular flexibility index (Phi) is 5.65. The number of halogens is 1. The van der Waals surface area contributed by atoms with Gasteiger partial charge in [-0.2, -0.15) is 0 Å². The van der Waals surface area contributed by atoms with Crippen LogP contribution in [0, 0.1) is 0 Å². The molecule has 27 heavy (non-hydrogen) atoms.